The zero-order valence-corrected chi connectivity index (χ0v) is 15.2. The third-order valence-corrected chi connectivity index (χ3v) is 4.25. The average molecular weight is 377 g/mol. The van der Waals surface area contributed by atoms with E-state index in [0.29, 0.717) is 36.5 Å². The van der Waals surface area contributed by atoms with Crippen molar-refractivity contribution in [2.24, 2.45) is 0 Å². The van der Waals surface area contributed by atoms with Crippen LogP contribution in [0.4, 0.5) is 22.2 Å². The first-order valence-corrected chi connectivity index (χ1v) is 8.92. The smallest absolute Gasteiger partial charge is 0.409 e. The number of anilines is 3. The maximum atomic E-state index is 11.7. The predicted molar refractivity (Wildman–Crippen MR) is 99.8 cm³/mol. The number of hydrogen-bond donors (Lipinski definition) is 2. The first-order valence-electron chi connectivity index (χ1n) is 8.54. The molecule has 3 rings (SSSR count). The SMILES string of the molecule is CCOC(=O)N1CCC(Nc2nncc(Nc3cccc(Cl)c3)n2)CC1. The lowest BCUT2D eigenvalue weighted by molar-refractivity contribution is 0.0983. The lowest BCUT2D eigenvalue weighted by Gasteiger charge is -2.31. The third-order valence-electron chi connectivity index (χ3n) is 4.01. The van der Waals surface area contributed by atoms with Crippen molar-refractivity contribution in [3.8, 4) is 0 Å². The van der Waals surface area contributed by atoms with Crippen molar-refractivity contribution in [3.05, 3.63) is 35.5 Å². The van der Waals surface area contributed by atoms with Crippen LogP contribution in [0, 0.1) is 0 Å². The van der Waals surface area contributed by atoms with Gasteiger partial charge in [0.1, 0.15) is 0 Å². The molecule has 26 heavy (non-hydrogen) atoms. The topological polar surface area (TPSA) is 92.3 Å². The highest BCUT2D eigenvalue weighted by molar-refractivity contribution is 6.30. The van der Waals surface area contributed by atoms with Crippen LogP contribution < -0.4 is 10.6 Å². The molecule has 0 aliphatic carbocycles. The summed E-state index contributed by atoms with van der Waals surface area (Å²) in [7, 11) is 0. The minimum Gasteiger partial charge on any atom is -0.450 e. The summed E-state index contributed by atoms with van der Waals surface area (Å²) >= 11 is 5.99. The van der Waals surface area contributed by atoms with Crippen LogP contribution in [0.2, 0.25) is 5.02 Å². The fourth-order valence-corrected chi connectivity index (χ4v) is 2.93. The molecule has 1 aromatic heterocycles. The first kappa shape index (κ1) is 18.2. The van der Waals surface area contributed by atoms with Gasteiger partial charge in [0.15, 0.2) is 5.82 Å². The number of halogens is 1. The van der Waals surface area contributed by atoms with Crippen molar-refractivity contribution >= 4 is 35.1 Å². The number of carbonyl (C=O) groups is 1. The molecule has 9 heteroatoms. The summed E-state index contributed by atoms with van der Waals surface area (Å²) in [6.45, 7) is 3.48. The maximum Gasteiger partial charge on any atom is 0.409 e. The summed E-state index contributed by atoms with van der Waals surface area (Å²) in [5.74, 6) is 1.03. The summed E-state index contributed by atoms with van der Waals surface area (Å²) in [5.41, 5.74) is 0.826. The second-order valence-corrected chi connectivity index (χ2v) is 6.34. The highest BCUT2D eigenvalue weighted by Gasteiger charge is 2.24. The van der Waals surface area contributed by atoms with Crippen molar-refractivity contribution < 1.29 is 9.53 Å². The molecular formula is C17H21ClN6O2. The van der Waals surface area contributed by atoms with Crippen LogP contribution in [0.5, 0.6) is 0 Å². The van der Waals surface area contributed by atoms with Gasteiger partial charge in [-0.15, -0.1) is 5.10 Å². The molecule has 1 aromatic carbocycles. The van der Waals surface area contributed by atoms with Gasteiger partial charge in [0.05, 0.1) is 12.8 Å². The summed E-state index contributed by atoms with van der Waals surface area (Å²) in [5, 5.41) is 15.1. The average Bonchev–Trinajstić information content (AvgIpc) is 2.63. The van der Waals surface area contributed by atoms with E-state index >= 15 is 0 Å². The number of hydrogen-bond acceptors (Lipinski definition) is 7. The van der Waals surface area contributed by atoms with Crippen LogP contribution in [-0.2, 0) is 4.74 Å². The zero-order chi connectivity index (χ0) is 18.4. The lowest BCUT2D eigenvalue weighted by Crippen LogP contribution is -2.42. The molecule has 1 aliphatic heterocycles. The molecule has 0 radical (unpaired) electrons. The number of ether oxygens (including phenoxy) is 1. The van der Waals surface area contributed by atoms with Gasteiger partial charge >= 0.3 is 6.09 Å². The van der Waals surface area contributed by atoms with Crippen LogP contribution >= 0.6 is 11.6 Å². The minimum absolute atomic E-state index is 0.184. The maximum absolute atomic E-state index is 11.7. The van der Waals surface area contributed by atoms with Gasteiger partial charge in [-0.05, 0) is 38.0 Å². The van der Waals surface area contributed by atoms with Crippen molar-refractivity contribution in [2.45, 2.75) is 25.8 Å². The Bertz CT molecular complexity index is 752. The molecule has 1 amide bonds. The Kier molecular flexibility index (Phi) is 6.06. The highest BCUT2D eigenvalue weighted by atomic mass is 35.5. The van der Waals surface area contributed by atoms with E-state index in [9.17, 15) is 4.79 Å². The Morgan fingerprint density at radius 2 is 2.19 bits per heavy atom. The van der Waals surface area contributed by atoms with Crippen LogP contribution in [0.1, 0.15) is 19.8 Å². The minimum atomic E-state index is -0.253. The fraction of sp³-hybridized carbons (Fsp3) is 0.412. The zero-order valence-electron chi connectivity index (χ0n) is 14.5. The molecule has 1 saturated heterocycles. The van der Waals surface area contributed by atoms with E-state index in [4.69, 9.17) is 16.3 Å². The molecule has 2 heterocycles. The predicted octanol–water partition coefficient (Wildman–Crippen LogP) is 3.30. The van der Waals surface area contributed by atoms with E-state index in [0.717, 1.165) is 18.5 Å². The largest absolute Gasteiger partial charge is 0.450 e. The molecule has 1 fully saturated rings. The van der Waals surface area contributed by atoms with Gasteiger partial charge in [-0.2, -0.15) is 10.1 Å². The molecule has 2 N–H and O–H groups in total. The number of carbonyl (C=O) groups excluding carboxylic acids is 1. The molecule has 0 bridgehead atoms. The summed E-state index contributed by atoms with van der Waals surface area (Å²) in [6, 6.07) is 7.55. The molecule has 8 nitrogen and oxygen atoms in total. The Morgan fingerprint density at radius 3 is 2.92 bits per heavy atom. The molecule has 1 aliphatic rings. The van der Waals surface area contributed by atoms with E-state index in [2.05, 4.69) is 25.8 Å². The van der Waals surface area contributed by atoms with Crippen LogP contribution in [0.15, 0.2) is 30.5 Å². The Balaban J connectivity index is 1.55. The monoisotopic (exact) mass is 376 g/mol. The van der Waals surface area contributed by atoms with Crippen LogP contribution in [0.25, 0.3) is 0 Å². The molecule has 0 saturated carbocycles. The number of nitrogens with zero attached hydrogens (tertiary/aromatic N) is 4. The second kappa shape index (κ2) is 8.66. The van der Waals surface area contributed by atoms with Crippen molar-refractivity contribution in [3.63, 3.8) is 0 Å². The van der Waals surface area contributed by atoms with Gasteiger partial charge in [-0.1, -0.05) is 17.7 Å². The van der Waals surface area contributed by atoms with Gasteiger partial charge in [-0.3, -0.25) is 0 Å². The van der Waals surface area contributed by atoms with Crippen molar-refractivity contribution in [2.75, 3.05) is 30.3 Å². The van der Waals surface area contributed by atoms with Gasteiger partial charge in [0.25, 0.3) is 0 Å². The van der Waals surface area contributed by atoms with E-state index in [1.165, 1.54) is 0 Å². The van der Waals surface area contributed by atoms with Gasteiger partial charge in [-0.25, -0.2) is 4.79 Å². The number of nitrogens with one attached hydrogen (secondary N) is 2. The van der Waals surface area contributed by atoms with Gasteiger partial charge in [0, 0.05) is 29.8 Å². The van der Waals surface area contributed by atoms with Crippen LogP contribution in [0.3, 0.4) is 0 Å². The standard InChI is InChI=1S/C17H21ClN6O2/c1-2-26-17(25)24-8-6-13(7-9-24)21-16-22-15(11-19-23-16)20-14-5-3-4-12(18)10-14/h3-5,10-11,13H,2,6-9H2,1H3,(H2,20,21,22,23). The summed E-state index contributed by atoms with van der Waals surface area (Å²) < 4.78 is 5.03. The summed E-state index contributed by atoms with van der Waals surface area (Å²) in [4.78, 5) is 17.9. The van der Waals surface area contributed by atoms with E-state index in [-0.39, 0.29) is 12.1 Å². The molecule has 0 atom stereocenters. The number of rotatable bonds is 5. The number of aromatic nitrogens is 3. The quantitative estimate of drug-likeness (QED) is 0.826. The van der Waals surface area contributed by atoms with Gasteiger partial charge < -0.3 is 20.3 Å². The Labute approximate surface area is 156 Å². The fourth-order valence-electron chi connectivity index (χ4n) is 2.74. The van der Waals surface area contributed by atoms with E-state index in [1.807, 2.05) is 18.2 Å². The molecule has 0 unspecified atom stereocenters. The summed E-state index contributed by atoms with van der Waals surface area (Å²) in [6.07, 6.45) is 2.90. The third kappa shape index (κ3) is 4.95. The first-order chi connectivity index (χ1) is 12.6. The number of likely N-dealkylation sites (tertiary alicyclic amines) is 1. The number of benzene rings is 1. The Hall–Kier alpha value is -2.61. The van der Waals surface area contributed by atoms with Crippen molar-refractivity contribution in [1.82, 2.24) is 20.1 Å². The molecule has 0 spiro atoms. The highest BCUT2D eigenvalue weighted by Crippen LogP contribution is 2.20. The van der Waals surface area contributed by atoms with Gasteiger partial charge in [0.2, 0.25) is 5.95 Å². The van der Waals surface area contributed by atoms with E-state index < -0.39 is 0 Å². The van der Waals surface area contributed by atoms with Crippen molar-refractivity contribution in [1.29, 1.82) is 0 Å². The molecular weight excluding hydrogens is 356 g/mol. The normalized spacial score (nSPS) is 14.8. The molecule has 138 valence electrons. The lowest BCUT2D eigenvalue weighted by atomic mass is 10.1. The number of piperidine rings is 1. The Morgan fingerprint density at radius 1 is 1.38 bits per heavy atom. The number of amides is 1. The van der Waals surface area contributed by atoms with Crippen LogP contribution in [-0.4, -0.2) is 51.9 Å². The second-order valence-electron chi connectivity index (χ2n) is 5.91. The van der Waals surface area contributed by atoms with E-state index in [1.54, 1.807) is 24.1 Å². The molecule has 2 aromatic rings.